The number of carbonyl (C=O) groups is 1. The number of rotatable bonds is 2. The van der Waals surface area contributed by atoms with Gasteiger partial charge in [-0.05, 0) is 19.9 Å². The number of aldehydes is 1. The number of nitrogens with zero attached hydrogens (tertiary/aromatic N) is 1. The Kier molecular flexibility index (Phi) is 2.43. The van der Waals surface area contributed by atoms with Gasteiger partial charge in [0.25, 0.3) is 5.56 Å². The van der Waals surface area contributed by atoms with Gasteiger partial charge in [-0.1, -0.05) is 0 Å². The van der Waals surface area contributed by atoms with Crippen molar-refractivity contribution in [2.24, 2.45) is 0 Å². The first kappa shape index (κ1) is 8.71. The number of aromatic nitrogens is 1. The summed E-state index contributed by atoms with van der Waals surface area (Å²) in [6.07, 6.45) is 2.31. The maximum absolute atomic E-state index is 11.2. The van der Waals surface area contributed by atoms with Gasteiger partial charge in [0.05, 0.1) is 0 Å². The van der Waals surface area contributed by atoms with Crippen LogP contribution in [-0.4, -0.2) is 10.9 Å². The maximum atomic E-state index is 11.2. The van der Waals surface area contributed by atoms with Crippen LogP contribution >= 0.6 is 0 Å². The molecule has 3 heteroatoms. The maximum Gasteiger partial charge on any atom is 0.251 e. The van der Waals surface area contributed by atoms with E-state index in [2.05, 4.69) is 0 Å². The van der Waals surface area contributed by atoms with Crippen LogP contribution in [0.1, 0.15) is 30.2 Å². The molecule has 0 saturated carbocycles. The van der Waals surface area contributed by atoms with Gasteiger partial charge in [0.1, 0.15) is 6.29 Å². The molecule has 0 saturated heterocycles. The molecule has 0 atom stereocenters. The SMILES string of the molecule is CC(C)n1ccc(C=O)cc1=O. The zero-order valence-electron chi connectivity index (χ0n) is 7.15. The summed E-state index contributed by atoms with van der Waals surface area (Å²) in [4.78, 5) is 21.5. The number of carbonyl (C=O) groups excluding carboxylic acids is 1. The predicted molar refractivity (Wildman–Crippen MR) is 46.5 cm³/mol. The fraction of sp³-hybridized carbons (Fsp3) is 0.333. The van der Waals surface area contributed by atoms with Gasteiger partial charge >= 0.3 is 0 Å². The van der Waals surface area contributed by atoms with Crippen molar-refractivity contribution in [3.63, 3.8) is 0 Å². The second kappa shape index (κ2) is 3.34. The molecule has 0 fully saturated rings. The van der Waals surface area contributed by atoms with Crippen LogP contribution in [-0.2, 0) is 0 Å². The third kappa shape index (κ3) is 1.61. The molecule has 0 aliphatic carbocycles. The van der Waals surface area contributed by atoms with Crippen LogP contribution < -0.4 is 5.56 Å². The summed E-state index contributed by atoms with van der Waals surface area (Å²) in [7, 11) is 0. The molecule has 12 heavy (non-hydrogen) atoms. The molecule has 0 radical (unpaired) electrons. The first-order valence-electron chi connectivity index (χ1n) is 3.82. The molecular formula is C9H11NO2. The lowest BCUT2D eigenvalue weighted by molar-refractivity contribution is 0.112. The van der Waals surface area contributed by atoms with Crippen LogP contribution in [0.15, 0.2) is 23.1 Å². The fourth-order valence-electron chi connectivity index (χ4n) is 1.00. The average molecular weight is 165 g/mol. The molecule has 0 N–H and O–H groups in total. The second-order valence-corrected chi connectivity index (χ2v) is 2.92. The molecule has 1 aromatic heterocycles. The zero-order chi connectivity index (χ0) is 9.14. The van der Waals surface area contributed by atoms with E-state index in [0.717, 1.165) is 0 Å². The Balaban J connectivity index is 3.21. The van der Waals surface area contributed by atoms with Crippen molar-refractivity contribution in [1.29, 1.82) is 0 Å². The summed E-state index contributed by atoms with van der Waals surface area (Å²) in [5.74, 6) is 0. The van der Waals surface area contributed by atoms with Gasteiger partial charge in [-0.25, -0.2) is 0 Å². The molecule has 0 unspecified atom stereocenters. The minimum absolute atomic E-state index is 0.130. The molecule has 1 heterocycles. The van der Waals surface area contributed by atoms with Crippen LogP contribution in [0, 0.1) is 0 Å². The Hall–Kier alpha value is -1.38. The van der Waals surface area contributed by atoms with E-state index in [9.17, 15) is 9.59 Å². The van der Waals surface area contributed by atoms with Gasteiger partial charge in [-0.2, -0.15) is 0 Å². The first-order chi connectivity index (χ1) is 5.65. The zero-order valence-corrected chi connectivity index (χ0v) is 7.15. The average Bonchev–Trinajstić information content (AvgIpc) is 2.03. The van der Waals surface area contributed by atoms with Gasteiger partial charge in [0.15, 0.2) is 0 Å². The van der Waals surface area contributed by atoms with E-state index >= 15 is 0 Å². The van der Waals surface area contributed by atoms with Crippen molar-refractivity contribution in [2.45, 2.75) is 19.9 Å². The molecule has 1 aromatic rings. The molecule has 3 nitrogen and oxygen atoms in total. The van der Waals surface area contributed by atoms with Crippen molar-refractivity contribution >= 4 is 6.29 Å². The molecule has 0 aliphatic rings. The largest absolute Gasteiger partial charge is 0.313 e. The Labute approximate surface area is 70.6 Å². The molecule has 0 amide bonds. The molecule has 64 valence electrons. The highest BCUT2D eigenvalue weighted by molar-refractivity contribution is 5.74. The molecule has 1 rings (SSSR count). The van der Waals surface area contributed by atoms with Crippen LogP contribution in [0.2, 0.25) is 0 Å². The van der Waals surface area contributed by atoms with E-state index in [4.69, 9.17) is 0 Å². The van der Waals surface area contributed by atoms with Crippen LogP contribution in [0.5, 0.6) is 0 Å². The fourth-order valence-corrected chi connectivity index (χ4v) is 1.00. The van der Waals surface area contributed by atoms with Gasteiger partial charge in [0, 0.05) is 23.9 Å². The van der Waals surface area contributed by atoms with Crippen molar-refractivity contribution in [2.75, 3.05) is 0 Å². The highest BCUT2D eigenvalue weighted by atomic mass is 16.1. The quantitative estimate of drug-likeness (QED) is 0.618. The third-order valence-electron chi connectivity index (χ3n) is 1.66. The van der Waals surface area contributed by atoms with E-state index < -0.39 is 0 Å². The van der Waals surface area contributed by atoms with Crippen molar-refractivity contribution in [1.82, 2.24) is 4.57 Å². The lowest BCUT2D eigenvalue weighted by Crippen LogP contribution is -2.20. The molecule has 0 aromatic carbocycles. The lowest BCUT2D eigenvalue weighted by Gasteiger charge is -2.08. The lowest BCUT2D eigenvalue weighted by atomic mass is 10.3. The molecule has 0 aliphatic heterocycles. The number of hydrogen-bond donors (Lipinski definition) is 0. The minimum Gasteiger partial charge on any atom is -0.313 e. The Morgan fingerprint density at radius 3 is 2.58 bits per heavy atom. The Morgan fingerprint density at radius 1 is 1.50 bits per heavy atom. The monoisotopic (exact) mass is 165 g/mol. The topological polar surface area (TPSA) is 39.1 Å². The van der Waals surface area contributed by atoms with Gasteiger partial charge in [-0.15, -0.1) is 0 Å². The van der Waals surface area contributed by atoms with E-state index in [1.165, 1.54) is 6.07 Å². The van der Waals surface area contributed by atoms with E-state index in [-0.39, 0.29) is 11.6 Å². The summed E-state index contributed by atoms with van der Waals surface area (Å²) in [6, 6.07) is 3.11. The molecule has 0 bridgehead atoms. The normalized spacial score (nSPS) is 10.2. The first-order valence-corrected chi connectivity index (χ1v) is 3.82. The number of pyridine rings is 1. The van der Waals surface area contributed by atoms with Gasteiger partial charge in [-0.3, -0.25) is 9.59 Å². The van der Waals surface area contributed by atoms with Gasteiger partial charge < -0.3 is 4.57 Å². The molecular weight excluding hydrogens is 154 g/mol. The van der Waals surface area contributed by atoms with E-state index in [1.54, 1.807) is 16.8 Å². The van der Waals surface area contributed by atoms with E-state index in [0.29, 0.717) is 11.8 Å². The standard InChI is InChI=1S/C9H11NO2/c1-7(2)10-4-3-8(6-11)5-9(10)12/h3-7H,1-2H3. The summed E-state index contributed by atoms with van der Waals surface area (Å²) in [5.41, 5.74) is 0.298. The predicted octanol–water partition coefficient (Wildman–Crippen LogP) is 1.24. The van der Waals surface area contributed by atoms with E-state index in [1.807, 2.05) is 13.8 Å². The second-order valence-electron chi connectivity index (χ2n) is 2.92. The Morgan fingerprint density at radius 2 is 2.17 bits per heavy atom. The van der Waals surface area contributed by atoms with Crippen LogP contribution in [0.25, 0.3) is 0 Å². The Bertz CT molecular complexity index is 339. The third-order valence-corrected chi connectivity index (χ3v) is 1.66. The smallest absolute Gasteiger partial charge is 0.251 e. The summed E-state index contributed by atoms with van der Waals surface area (Å²) < 4.78 is 1.58. The van der Waals surface area contributed by atoms with Crippen molar-refractivity contribution in [3.8, 4) is 0 Å². The highest BCUT2D eigenvalue weighted by Crippen LogP contribution is 1.99. The van der Waals surface area contributed by atoms with Gasteiger partial charge in [0.2, 0.25) is 0 Å². The molecule has 0 spiro atoms. The summed E-state index contributed by atoms with van der Waals surface area (Å²) in [5, 5.41) is 0. The minimum atomic E-state index is -0.130. The summed E-state index contributed by atoms with van der Waals surface area (Å²) >= 11 is 0. The van der Waals surface area contributed by atoms with Crippen molar-refractivity contribution < 1.29 is 4.79 Å². The summed E-state index contributed by atoms with van der Waals surface area (Å²) in [6.45, 7) is 3.84. The van der Waals surface area contributed by atoms with Crippen LogP contribution in [0.3, 0.4) is 0 Å². The van der Waals surface area contributed by atoms with Crippen molar-refractivity contribution in [3.05, 3.63) is 34.2 Å². The highest BCUT2D eigenvalue weighted by Gasteiger charge is 2.00. The van der Waals surface area contributed by atoms with Crippen LogP contribution in [0.4, 0.5) is 0 Å². The number of hydrogen-bond acceptors (Lipinski definition) is 2.